The van der Waals surface area contributed by atoms with Crippen LogP contribution in [0.25, 0.3) is 4.96 Å². The Kier molecular flexibility index (Phi) is 4.50. The molecule has 0 radical (unpaired) electrons. The van der Waals surface area contributed by atoms with Gasteiger partial charge in [-0.25, -0.2) is 4.98 Å². The van der Waals surface area contributed by atoms with Gasteiger partial charge in [0.15, 0.2) is 10.8 Å². The second kappa shape index (κ2) is 6.36. The molecule has 0 aromatic carbocycles. The minimum absolute atomic E-state index is 0.660. The molecule has 1 N–H and O–H groups in total. The Bertz CT molecular complexity index is 580. The highest BCUT2D eigenvalue weighted by Gasteiger charge is 2.28. The van der Waals surface area contributed by atoms with Crippen molar-refractivity contribution in [3.63, 3.8) is 0 Å². The smallest absolute Gasteiger partial charge is 0.195 e. The first-order valence-corrected chi connectivity index (χ1v) is 8.94. The van der Waals surface area contributed by atoms with E-state index < -0.39 is 0 Å². The monoisotopic (exact) mass is 306 g/mol. The summed E-state index contributed by atoms with van der Waals surface area (Å²) in [5.74, 6) is 1.87. The molecule has 2 heterocycles. The van der Waals surface area contributed by atoms with Crippen LogP contribution in [-0.2, 0) is 6.54 Å². The molecule has 4 nitrogen and oxygen atoms in total. The molecule has 2 aromatic heterocycles. The van der Waals surface area contributed by atoms with Crippen LogP contribution in [0, 0.1) is 5.92 Å². The normalized spacial score (nSPS) is 16.4. The van der Waals surface area contributed by atoms with Gasteiger partial charge in [-0.1, -0.05) is 26.7 Å². The van der Waals surface area contributed by atoms with Crippen molar-refractivity contribution in [2.24, 2.45) is 5.92 Å². The Morgan fingerprint density at radius 1 is 1.43 bits per heavy atom. The van der Waals surface area contributed by atoms with Gasteiger partial charge in [-0.3, -0.25) is 4.40 Å². The van der Waals surface area contributed by atoms with E-state index in [-0.39, 0.29) is 0 Å². The number of thiazole rings is 1. The van der Waals surface area contributed by atoms with Crippen LogP contribution in [0.5, 0.6) is 0 Å². The molecule has 5 heteroatoms. The van der Waals surface area contributed by atoms with Crippen molar-refractivity contribution in [3.05, 3.63) is 17.3 Å². The zero-order valence-electron chi connectivity index (χ0n) is 13.3. The summed E-state index contributed by atoms with van der Waals surface area (Å²) in [6.45, 7) is 6.58. The molecule has 3 rings (SSSR count). The molecule has 0 atom stereocenters. The molecule has 1 aliphatic carbocycles. The van der Waals surface area contributed by atoms with Crippen LogP contribution in [0.1, 0.15) is 45.2 Å². The van der Waals surface area contributed by atoms with E-state index in [1.54, 1.807) is 11.3 Å². The summed E-state index contributed by atoms with van der Waals surface area (Å²) in [5, 5.41) is 5.43. The second-order valence-electron chi connectivity index (χ2n) is 6.45. The van der Waals surface area contributed by atoms with Crippen molar-refractivity contribution in [2.75, 3.05) is 18.5 Å². The van der Waals surface area contributed by atoms with E-state index in [0.717, 1.165) is 18.1 Å². The molecule has 0 bridgehead atoms. The van der Waals surface area contributed by atoms with Crippen molar-refractivity contribution in [1.82, 2.24) is 14.7 Å². The minimum atomic E-state index is 0.660. The number of hydrogen-bond acceptors (Lipinski definition) is 4. The predicted octanol–water partition coefficient (Wildman–Crippen LogP) is 3.52. The Labute approximate surface area is 131 Å². The van der Waals surface area contributed by atoms with Gasteiger partial charge >= 0.3 is 0 Å². The van der Waals surface area contributed by atoms with Gasteiger partial charge in [0.1, 0.15) is 0 Å². The number of anilines is 1. The lowest BCUT2D eigenvalue weighted by atomic mass is 10.1. The molecule has 2 aromatic rings. The summed E-state index contributed by atoms with van der Waals surface area (Å²) in [7, 11) is 2.01. The average molecular weight is 306 g/mol. The van der Waals surface area contributed by atoms with E-state index in [0.29, 0.717) is 12.0 Å². The van der Waals surface area contributed by atoms with Gasteiger partial charge in [0.25, 0.3) is 0 Å². The Hall–Kier alpha value is -1.07. The number of nitrogens with zero attached hydrogens (tertiary/aromatic N) is 3. The Morgan fingerprint density at radius 2 is 2.19 bits per heavy atom. The maximum absolute atomic E-state index is 4.96. The first kappa shape index (κ1) is 14.9. The fourth-order valence-corrected chi connectivity index (χ4v) is 4.13. The van der Waals surface area contributed by atoms with Crippen molar-refractivity contribution >= 4 is 22.1 Å². The zero-order chi connectivity index (χ0) is 14.8. The molecule has 0 saturated heterocycles. The van der Waals surface area contributed by atoms with E-state index in [1.165, 1.54) is 37.2 Å². The number of imidazole rings is 1. The molecule has 0 spiro atoms. The van der Waals surface area contributed by atoms with Crippen LogP contribution in [-0.4, -0.2) is 29.0 Å². The van der Waals surface area contributed by atoms with E-state index in [2.05, 4.69) is 40.0 Å². The van der Waals surface area contributed by atoms with Gasteiger partial charge < -0.3 is 10.2 Å². The largest absolute Gasteiger partial charge is 0.352 e. The van der Waals surface area contributed by atoms with E-state index >= 15 is 0 Å². The summed E-state index contributed by atoms with van der Waals surface area (Å²) < 4.78 is 2.25. The standard InChI is InChI=1S/C16H26N4S/c1-12(2)11-20(13-6-4-5-7-13)15-14(10-17-3)19-8-9-21-16(19)18-15/h8-9,12-13,17H,4-7,10-11H2,1-3H3. The van der Waals surface area contributed by atoms with Crippen LogP contribution < -0.4 is 10.2 Å². The minimum Gasteiger partial charge on any atom is -0.352 e. The van der Waals surface area contributed by atoms with E-state index in [9.17, 15) is 0 Å². The molecule has 0 unspecified atom stereocenters. The third-order valence-electron chi connectivity index (χ3n) is 4.28. The Balaban J connectivity index is 2.00. The number of rotatable bonds is 6. The number of aromatic nitrogens is 2. The van der Waals surface area contributed by atoms with Crippen LogP contribution >= 0.6 is 11.3 Å². The fourth-order valence-electron chi connectivity index (χ4n) is 3.40. The van der Waals surface area contributed by atoms with Crippen molar-refractivity contribution in [2.45, 2.75) is 52.1 Å². The lowest BCUT2D eigenvalue weighted by molar-refractivity contribution is 0.529. The van der Waals surface area contributed by atoms with Gasteiger partial charge in [0.2, 0.25) is 0 Å². The summed E-state index contributed by atoms with van der Waals surface area (Å²) in [6.07, 6.45) is 7.50. The fraction of sp³-hybridized carbons (Fsp3) is 0.688. The lowest BCUT2D eigenvalue weighted by Gasteiger charge is -2.31. The van der Waals surface area contributed by atoms with Crippen LogP contribution in [0.15, 0.2) is 11.6 Å². The molecule has 1 aliphatic rings. The molecule has 1 fully saturated rings. The highest BCUT2D eigenvalue weighted by atomic mass is 32.1. The molecule has 0 aliphatic heterocycles. The number of fused-ring (bicyclic) bond motifs is 1. The number of nitrogens with one attached hydrogen (secondary N) is 1. The molecular formula is C16H26N4S. The average Bonchev–Trinajstić information content (AvgIpc) is 3.14. The van der Waals surface area contributed by atoms with Crippen molar-refractivity contribution < 1.29 is 0 Å². The summed E-state index contributed by atoms with van der Waals surface area (Å²) in [6, 6.07) is 0.674. The zero-order valence-corrected chi connectivity index (χ0v) is 14.1. The number of hydrogen-bond donors (Lipinski definition) is 1. The Morgan fingerprint density at radius 3 is 2.86 bits per heavy atom. The quantitative estimate of drug-likeness (QED) is 0.886. The van der Waals surface area contributed by atoms with Crippen molar-refractivity contribution in [3.8, 4) is 0 Å². The molecule has 116 valence electrons. The molecule has 0 amide bonds. The molecule has 1 saturated carbocycles. The maximum atomic E-state index is 4.96. The third-order valence-corrected chi connectivity index (χ3v) is 5.04. The highest BCUT2D eigenvalue weighted by Crippen LogP contribution is 2.32. The van der Waals surface area contributed by atoms with Gasteiger partial charge in [-0.05, 0) is 25.8 Å². The maximum Gasteiger partial charge on any atom is 0.195 e. The van der Waals surface area contributed by atoms with E-state index in [1.807, 2.05) is 7.05 Å². The molecule has 21 heavy (non-hydrogen) atoms. The summed E-state index contributed by atoms with van der Waals surface area (Å²) in [5.41, 5.74) is 1.31. The highest BCUT2D eigenvalue weighted by molar-refractivity contribution is 7.15. The van der Waals surface area contributed by atoms with Gasteiger partial charge in [-0.2, -0.15) is 0 Å². The SMILES string of the molecule is CNCc1c(N(CC(C)C)C2CCCC2)nc2sccn12. The first-order valence-electron chi connectivity index (χ1n) is 8.06. The first-order chi connectivity index (χ1) is 10.2. The molecular weight excluding hydrogens is 280 g/mol. The van der Waals surface area contributed by atoms with Crippen molar-refractivity contribution in [1.29, 1.82) is 0 Å². The topological polar surface area (TPSA) is 32.6 Å². The van der Waals surface area contributed by atoms with Crippen LogP contribution in [0.4, 0.5) is 5.82 Å². The van der Waals surface area contributed by atoms with Gasteiger partial charge in [0.05, 0.1) is 5.69 Å². The van der Waals surface area contributed by atoms with Crippen LogP contribution in [0.2, 0.25) is 0 Å². The van der Waals surface area contributed by atoms with Gasteiger partial charge in [0, 0.05) is 30.7 Å². The summed E-state index contributed by atoms with van der Waals surface area (Å²) in [4.78, 5) is 8.66. The summed E-state index contributed by atoms with van der Waals surface area (Å²) >= 11 is 1.72. The van der Waals surface area contributed by atoms with E-state index in [4.69, 9.17) is 4.98 Å². The van der Waals surface area contributed by atoms with Gasteiger partial charge in [-0.15, -0.1) is 11.3 Å². The lowest BCUT2D eigenvalue weighted by Crippen LogP contribution is -2.37. The third kappa shape index (κ3) is 2.94. The second-order valence-corrected chi connectivity index (χ2v) is 7.33. The van der Waals surface area contributed by atoms with Crippen LogP contribution in [0.3, 0.4) is 0 Å². The predicted molar refractivity (Wildman–Crippen MR) is 90.3 cm³/mol.